The molecule has 0 bridgehead atoms. The Hall–Kier alpha value is -0.920. The molecule has 114 valence electrons. The molecule has 20 heavy (non-hydrogen) atoms. The Bertz CT molecular complexity index is 575. The topological polar surface area (TPSA) is 72.5 Å². The summed E-state index contributed by atoms with van der Waals surface area (Å²) in [7, 11) is -2.49. The maximum atomic E-state index is 12.5. The first-order chi connectivity index (χ1) is 9.24. The van der Waals surface area contributed by atoms with Crippen molar-refractivity contribution in [2.24, 2.45) is 5.92 Å². The lowest BCUT2D eigenvalue weighted by molar-refractivity contribution is 0.0602. The molecule has 0 saturated heterocycles. The van der Waals surface area contributed by atoms with Gasteiger partial charge in [-0.25, -0.2) is 17.9 Å². The highest BCUT2D eigenvalue weighted by Gasteiger charge is 2.29. The first-order valence-corrected chi connectivity index (χ1v) is 8.79. The van der Waals surface area contributed by atoms with Crippen LogP contribution in [0, 0.1) is 12.8 Å². The van der Waals surface area contributed by atoms with Crippen molar-refractivity contribution in [2.75, 3.05) is 7.11 Å². The molecule has 0 saturated carbocycles. The minimum absolute atomic E-state index is 0.0356. The van der Waals surface area contributed by atoms with Crippen molar-refractivity contribution in [3.05, 3.63) is 15.8 Å². The van der Waals surface area contributed by atoms with E-state index in [9.17, 15) is 13.2 Å². The van der Waals surface area contributed by atoms with Crippen LogP contribution in [0.25, 0.3) is 0 Å². The number of hydrogen-bond acceptors (Lipinski definition) is 5. The molecule has 0 aliphatic heterocycles. The lowest BCUT2D eigenvalue weighted by Crippen LogP contribution is -2.38. The van der Waals surface area contributed by atoms with Crippen LogP contribution in [0.3, 0.4) is 0 Å². The van der Waals surface area contributed by atoms with Gasteiger partial charge in [-0.3, -0.25) is 0 Å². The minimum Gasteiger partial charge on any atom is -0.465 e. The van der Waals surface area contributed by atoms with Gasteiger partial charge in [0, 0.05) is 6.04 Å². The summed E-state index contributed by atoms with van der Waals surface area (Å²) < 4.78 is 32.4. The van der Waals surface area contributed by atoms with E-state index in [1.165, 1.54) is 7.11 Å². The average molecular weight is 319 g/mol. The van der Waals surface area contributed by atoms with Gasteiger partial charge in [-0.1, -0.05) is 20.8 Å². The number of nitrogens with one attached hydrogen (secondary N) is 1. The molecule has 1 aromatic rings. The molecular weight excluding hydrogens is 298 g/mol. The van der Waals surface area contributed by atoms with Gasteiger partial charge in [-0.2, -0.15) is 0 Å². The number of rotatable bonds is 6. The quantitative estimate of drug-likeness (QED) is 0.818. The van der Waals surface area contributed by atoms with Gasteiger partial charge in [0.1, 0.15) is 9.77 Å². The number of carbonyl (C=O) groups excluding carboxylic acids is 1. The van der Waals surface area contributed by atoms with E-state index in [1.807, 2.05) is 20.8 Å². The van der Waals surface area contributed by atoms with E-state index in [0.29, 0.717) is 12.0 Å². The number of ether oxygens (including phenoxy) is 1. The molecule has 1 aromatic heterocycles. The zero-order chi connectivity index (χ0) is 15.5. The minimum atomic E-state index is -3.73. The molecule has 1 heterocycles. The second-order valence-corrected chi connectivity index (χ2v) is 7.48. The predicted molar refractivity (Wildman–Crippen MR) is 79.6 cm³/mol. The Morgan fingerprint density at radius 2 is 2.05 bits per heavy atom. The van der Waals surface area contributed by atoms with Crippen molar-refractivity contribution in [1.82, 2.24) is 4.72 Å². The lowest BCUT2D eigenvalue weighted by atomic mass is 10.0. The van der Waals surface area contributed by atoms with Crippen molar-refractivity contribution in [3.63, 3.8) is 0 Å². The number of esters is 1. The maximum absolute atomic E-state index is 12.5. The predicted octanol–water partition coefficient (Wildman–Crippen LogP) is 2.56. The van der Waals surface area contributed by atoms with Crippen molar-refractivity contribution in [2.45, 2.75) is 45.1 Å². The zero-order valence-electron chi connectivity index (χ0n) is 12.4. The molecule has 0 aliphatic carbocycles. The fraction of sp³-hybridized carbons (Fsp3) is 0.615. The van der Waals surface area contributed by atoms with Gasteiger partial charge >= 0.3 is 5.97 Å². The van der Waals surface area contributed by atoms with E-state index in [1.54, 1.807) is 12.3 Å². The lowest BCUT2D eigenvalue weighted by Gasteiger charge is -2.21. The number of hydrogen-bond donors (Lipinski definition) is 1. The fourth-order valence-corrected chi connectivity index (χ4v) is 5.12. The van der Waals surface area contributed by atoms with Crippen LogP contribution in [-0.2, 0) is 14.8 Å². The fourth-order valence-electron chi connectivity index (χ4n) is 1.95. The molecule has 0 radical (unpaired) electrons. The summed E-state index contributed by atoms with van der Waals surface area (Å²) >= 11 is 1.09. The van der Waals surface area contributed by atoms with Crippen molar-refractivity contribution in [1.29, 1.82) is 0 Å². The third-order valence-electron chi connectivity index (χ3n) is 3.11. The van der Waals surface area contributed by atoms with Crippen LogP contribution in [-0.4, -0.2) is 27.5 Å². The van der Waals surface area contributed by atoms with E-state index in [2.05, 4.69) is 9.46 Å². The Kier molecular flexibility index (Phi) is 5.73. The number of sulfonamides is 1. The highest BCUT2D eigenvalue weighted by Crippen LogP contribution is 2.28. The van der Waals surface area contributed by atoms with Crippen molar-refractivity contribution in [3.8, 4) is 0 Å². The van der Waals surface area contributed by atoms with Crippen LogP contribution in [0.4, 0.5) is 0 Å². The summed E-state index contributed by atoms with van der Waals surface area (Å²) in [6.45, 7) is 7.51. The number of thiophene rings is 1. The summed E-state index contributed by atoms with van der Waals surface area (Å²) in [6, 6.07) is -0.162. The van der Waals surface area contributed by atoms with E-state index in [-0.39, 0.29) is 21.7 Å². The molecule has 1 unspecified atom stereocenters. The molecular formula is C13H21NO4S2. The van der Waals surface area contributed by atoms with Crippen molar-refractivity contribution < 1.29 is 17.9 Å². The van der Waals surface area contributed by atoms with Crippen LogP contribution in [0.15, 0.2) is 10.3 Å². The maximum Gasteiger partial charge on any atom is 0.349 e. The number of methoxy groups -OCH3 is 1. The highest BCUT2D eigenvalue weighted by atomic mass is 32.2. The highest BCUT2D eigenvalue weighted by molar-refractivity contribution is 7.89. The number of aryl methyl sites for hydroxylation is 1. The van der Waals surface area contributed by atoms with Crippen LogP contribution < -0.4 is 4.72 Å². The normalized spacial score (nSPS) is 13.5. The SMILES string of the molecule is CCC(NS(=O)(=O)c1c(C)csc1C(=O)OC)C(C)C. The molecule has 5 nitrogen and oxygen atoms in total. The third kappa shape index (κ3) is 3.59. The zero-order valence-corrected chi connectivity index (χ0v) is 14.0. The van der Waals surface area contributed by atoms with Crippen molar-refractivity contribution >= 4 is 27.3 Å². The monoisotopic (exact) mass is 319 g/mol. The summed E-state index contributed by atoms with van der Waals surface area (Å²) in [5, 5.41) is 1.65. The Morgan fingerprint density at radius 3 is 2.50 bits per heavy atom. The van der Waals surface area contributed by atoms with E-state index in [4.69, 9.17) is 0 Å². The number of carbonyl (C=O) groups is 1. The van der Waals surface area contributed by atoms with E-state index >= 15 is 0 Å². The summed E-state index contributed by atoms with van der Waals surface area (Å²) in [4.78, 5) is 11.8. The third-order valence-corrected chi connectivity index (χ3v) is 5.99. The average Bonchev–Trinajstić information content (AvgIpc) is 2.77. The van der Waals surface area contributed by atoms with Crippen LogP contribution in [0.5, 0.6) is 0 Å². The van der Waals surface area contributed by atoms with Gasteiger partial charge in [0.25, 0.3) is 0 Å². The van der Waals surface area contributed by atoms with Gasteiger partial charge in [0.15, 0.2) is 0 Å². The van der Waals surface area contributed by atoms with Crippen LogP contribution in [0.1, 0.15) is 42.4 Å². The summed E-state index contributed by atoms with van der Waals surface area (Å²) in [5.74, 6) is -0.448. The molecule has 7 heteroatoms. The first-order valence-electron chi connectivity index (χ1n) is 6.43. The van der Waals surface area contributed by atoms with Gasteiger partial charge < -0.3 is 4.74 Å². The Balaban J connectivity index is 3.22. The largest absolute Gasteiger partial charge is 0.465 e. The van der Waals surface area contributed by atoms with Gasteiger partial charge in [0.2, 0.25) is 10.0 Å². The standard InChI is InChI=1S/C13H21NO4S2/c1-6-10(8(2)3)14-20(16,17)12-9(4)7-19-11(12)13(15)18-5/h7-8,10,14H,6H2,1-5H3. The summed E-state index contributed by atoms with van der Waals surface area (Å²) in [6.07, 6.45) is 0.688. The second kappa shape index (κ2) is 6.69. The molecule has 1 rings (SSSR count). The van der Waals surface area contributed by atoms with Gasteiger partial charge in [0.05, 0.1) is 7.11 Å². The molecule has 1 atom stereocenters. The van der Waals surface area contributed by atoms with Gasteiger partial charge in [-0.15, -0.1) is 11.3 Å². The van der Waals surface area contributed by atoms with Crippen LogP contribution in [0.2, 0.25) is 0 Å². The molecule has 0 amide bonds. The van der Waals surface area contributed by atoms with Crippen LogP contribution >= 0.6 is 11.3 Å². The Labute approximate surface area is 124 Å². The summed E-state index contributed by atoms with van der Waals surface area (Å²) in [5.41, 5.74) is 0.557. The molecule has 1 N–H and O–H groups in total. The van der Waals surface area contributed by atoms with E-state index < -0.39 is 16.0 Å². The first kappa shape index (κ1) is 17.1. The second-order valence-electron chi connectivity index (χ2n) is 4.95. The smallest absolute Gasteiger partial charge is 0.349 e. The van der Waals surface area contributed by atoms with Gasteiger partial charge in [-0.05, 0) is 30.2 Å². The molecule has 0 spiro atoms. The Morgan fingerprint density at radius 1 is 1.45 bits per heavy atom. The molecule has 0 fully saturated rings. The molecule has 0 aliphatic rings. The van der Waals surface area contributed by atoms with E-state index in [0.717, 1.165) is 11.3 Å². The molecule has 0 aromatic carbocycles.